The first-order valence-electron chi connectivity index (χ1n) is 9.83. The number of fused-ring (bicyclic) bond motifs is 1. The van der Waals surface area contributed by atoms with Crippen LogP contribution >= 0.6 is 11.3 Å². The summed E-state index contributed by atoms with van der Waals surface area (Å²) in [5.41, 5.74) is 4.44. The molecule has 3 aromatic rings. The highest BCUT2D eigenvalue weighted by atomic mass is 32.1. The summed E-state index contributed by atoms with van der Waals surface area (Å²) in [7, 11) is 0. The lowest BCUT2D eigenvalue weighted by Gasteiger charge is -2.34. The molecular formula is C23H27N3OS. The molecule has 1 amide bonds. The van der Waals surface area contributed by atoms with Crippen molar-refractivity contribution in [2.75, 3.05) is 31.1 Å². The predicted molar refractivity (Wildman–Crippen MR) is 118 cm³/mol. The standard InChI is InChI=1S/C23H27N3OS/c1-16-5-10-19-20(15-16)28-22(24-19)26-13-11-25(12-14-26)21(27)17-6-8-18(9-7-17)23(2,3)4/h5-10,15H,11-14H2,1-4H3. The fourth-order valence-electron chi connectivity index (χ4n) is 3.55. The Morgan fingerprint density at radius 1 is 1.00 bits per heavy atom. The highest BCUT2D eigenvalue weighted by Gasteiger charge is 2.24. The van der Waals surface area contributed by atoms with E-state index in [1.165, 1.54) is 15.8 Å². The van der Waals surface area contributed by atoms with Gasteiger partial charge in [-0.2, -0.15) is 0 Å². The molecule has 1 aliphatic rings. The van der Waals surface area contributed by atoms with Crippen LogP contribution in [0.25, 0.3) is 10.2 Å². The van der Waals surface area contributed by atoms with Gasteiger partial charge in [-0.3, -0.25) is 4.79 Å². The van der Waals surface area contributed by atoms with Crippen molar-refractivity contribution in [2.45, 2.75) is 33.1 Å². The molecule has 0 N–H and O–H groups in total. The highest BCUT2D eigenvalue weighted by molar-refractivity contribution is 7.22. The van der Waals surface area contributed by atoms with Gasteiger partial charge in [0.05, 0.1) is 10.2 Å². The molecule has 0 saturated carbocycles. The summed E-state index contributed by atoms with van der Waals surface area (Å²) in [5, 5.41) is 1.06. The van der Waals surface area contributed by atoms with Crippen molar-refractivity contribution >= 4 is 32.6 Å². The molecule has 0 bridgehead atoms. The molecule has 0 radical (unpaired) electrons. The van der Waals surface area contributed by atoms with Gasteiger partial charge in [-0.15, -0.1) is 0 Å². The minimum atomic E-state index is 0.100. The summed E-state index contributed by atoms with van der Waals surface area (Å²) in [5.74, 6) is 0.125. The quantitative estimate of drug-likeness (QED) is 0.623. The topological polar surface area (TPSA) is 36.4 Å². The molecule has 1 aliphatic heterocycles. The second-order valence-electron chi connectivity index (χ2n) is 8.57. The maximum absolute atomic E-state index is 12.9. The lowest BCUT2D eigenvalue weighted by Crippen LogP contribution is -2.48. The van der Waals surface area contributed by atoms with Gasteiger partial charge in [-0.1, -0.05) is 50.3 Å². The fourth-order valence-corrected chi connectivity index (χ4v) is 4.67. The molecule has 2 aromatic carbocycles. The minimum Gasteiger partial charge on any atom is -0.345 e. The lowest BCUT2D eigenvalue weighted by molar-refractivity contribution is 0.0746. The Morgan fingerprint density at radius 2 is 1.68 bits per heavy atom. The first-order chi connectivity index (χ1) is 13.3. The Kier molecular flexibility index (Phi) is 4.88. The summed E-state index contributed by atoms with van der Waals surface area (Å²) in [6, 6.07) is 14.5. The summed E-state index contributed by atoms with van der Waals surface area (Å²) < 4.78 is 1.23. The Bertz CT molecular complexity index is 993. The van der Waals surface area contributed by atoms with Crippen molar-refractivity contribution in [3.8, 4) is 0 Å². The first kappa shape index (κ1) is 18.9. The number of hydrogen-bond acceptors (Lipinski definition) is 4. The number of piperazine rings is 1. The second kappa shape index (κ2) is 7.21. The van der Waals surface area contributed by atoms with Crippen LogP contribution in [0.15, 0.2) is 42.5 Å². The average molecular weight is 394 g/mol. The van der Waals surface area contributed by atoms with Gasteiger partial charge in [-0.05, 0) is 47.7 Å². The van der Waals surface area contributed by atoms with Crippen molar-refractivity contribution in [3.63, 3.8) is 0 Å². The van der Waals surface area contributed by atoms with Gasteiger partial charge in [0.15, 0.2) is 5.13 Å². The number of hydrogen-bond donors (Lipinski definition) is 0. The third kappa shape index (κ3) is 3.76. The number of amides is 1. The van der Waals surface area contributed by atoms with Crippen molar-refractivity contribution < 1.29 is 4.79 Å². The van der Waals surface area contributed by atoms with Crippen LogP contribution < -0.4 is 4.90 Å². The molecule has 0 atom stereocenters. The van der Waals surface area contributed by atoms with Crippen LogP contribution in [0.3, 0.4) is 0 Å². The number of anilines is 1. The van der Waals surface area contributed by atoms with Crippen LogP contribution in [0.1, 0.15) is 42.3 Å². The van der Waals surface area contributed by atoms with E-state index >= 15 is 0 Å². The van der Waals surface area contributed by atoms with Crippen molar-refractivity contribution in [3.05, 3.63) is 59.2 Å². The van der Waals surface area contributed by atoms with Crippen molar-refractivity contribution in [2.24, 2.45) is 0 Å². The molecule has 0 unspecified atom stereocenters. The zero-order valence-corrected chi connectivity index (χ0v) is 17.8. The normalized spacial score (nSPS) is 15.3. The molecule has 1 aromatic heterocycles. The Hall–Kier alpha value is -2.40. The number of carbonyl (C=O) groups excluding carboxylic acids is 1. The zero-order valence-electron chi connectivity index (χ0n) is 17.0. The number of thiazole rings is 1. The van der Waals surface area contributed by atoms with Gasteiger partial charge < -0.3 is 9.80 Å². The van der Waals surface area contributed by atoms with Crippen molar-refractivity contribution in [1.82, 2.24) is 9.88 Å². The molecule has 4 nitrogen and oxygen atoms in total. The van der Waals surface area contributed by atoms with E-state index in [1.807, 2.05) is 17.0 Å². The molecule has 4 rings (SSSR count). The van der Waals surface area contributed by atoms with Gasteiger partial charge in [-0.25, -0.2) is 4.98 Å². The number of aromatic nitrogens is 1. The number of carbonyl (C=O) groups is 1. The maximum Gasteiger partial charge on any atom is 0.253 e. The Balaban J connectivity index is 1.42. The maximum atomic E-state index is 12.9. The van der Waals surface area contributed by atoms with E-state index in [1.54, 1.807) is 11.3 Å². The van der Waals surface area contributed by atoms with Crippen LogP contribution in [-0.4, -0.2) is 42.0 Å². The van der Waals surface area contributed by atoms with E-state index in [0.717, 1.165) is 42.4 Å². The summed E-state index contributed by atoms with van der Waals surface area (Å²) in [4.78, 5) is 21.9. The summed E-state index contributed by atoms with van der Waals surface area (Å²) in [6.45, 7) is 11.8. The minimum absolute atomic E-state index is 0.100. The number of rotatable bonds is 2. The summed E-state index contributed by atoms with van der Waals surface area (Å²) in [6.07, 6.45) is 0. The SMILES string of the molecule is Cc1ccc2nc(N3CCN(C(=O)c4ccc(C(C)(C)C)cc4)CC3)sc2c1. The lowest BCUT2D eigenvalue weighted by atomic mass is 9.86. The Morgan fingerprint density at radius 3 is 2.32 bits per heavy atom. The van der Waals surface area contributed by atoms with E-state index in [9.17, 15) is 4.79 Å². The van der Waals surface area contributed by atoms with Crippen LogP contribution in [0.4, 0.5) is 5.13 Å². The number of benzene rings is 2. The third-order valence-corrected chi connectivity index (χ3v) is 6.45. The molecule has 5 heteroatoms. The van der Waals surface area contributed by atoms with E-state index in [0.29, 0.717) is 0 Å². The van der Waals surface area contributed by atoms with Crippen LogP contribution in [0.2, 0.25) is 0 Å². The van der Waals surface area contributed by atoms with Gasteiger partial charge in [0, 0.05) is 31.7 Å². The number of aryl methyl sites for hydroxylation is 1. The van der Waals surface area contributed by atoms with Crippen LogP contribution in [-0.2, 0) is 5.41 Å². The molecule has 0 spiro atoms. The molecule has 1 fully saturated rings. The average Bonchev–Trinajstić information content (AvgIpc) is 3.10. The van der Waals surface area contributed by atoms with Gasteiger partial charge in [0.1, 0.15) is 0 Å². The van der Waals surface area contributed by atoms with Gasteiger partial charge in [0.2, 0.25) is 0 Å². The smallest absolute Gasteiger partial charge is 0.253 e. The largest absolute Gasteiger partial charge is 0.345 e. The molecule has 2 heterocycles. The van der Waals surface area contributed by atoms with Crippen LogP contribution in [0, 0.1) is 6.92 Å². The monoisotopic (exact) mass is 393 g/mol. The molecule has 1 saturated heterocycles. The van der Waals surface area contributed by atoms with E-state index in [2.05, 4.69) is 62.9 Å². The van der Waals surface area contributed by atoms with Gasteiger partial charge in [0.25, 0.3) is 5.91 Å². The van der Waals surface area contributed by atoms with Gasteiger partial charge >= 0.3 is 0 Å². The Labute approximate surface area is 170 Å². The van der Waals surface area contributed by atoms with E-state index < -0.39 is 0 Å². The molecule has 0 aliphatic carbocycles. The fraction of sp³-hybridized carbons (Fsp3) is 0.391. The molecule has 146 valence electrons. The van der Waals surface area contributed by atoms with E-state index in [-0.39, 0.29) is 11.3 Å². The number of nitrogens with zero attached hydrogens (tertiary/aromatic N) is 3. The molecule has 28 heavy (non-hydrogen) atoms. The second-order valence-corrected chi connectivity index (χ2v) is 9.58. The van der Waals surface area contributed by atoms with Crippen LogP contribution in [0.5, 0.6) is 0 Å². The predicted octanol–water partition coefficient (Wildman–Crippen LogP) is 4.86. The van der Waals surface area contributed by atoms with Crippen molar-refractivity contribution in [1.29, 1.82) is 0 Å². The first-order valence-corrected chi connectivity index (χ1v) is 10.6. The third-order valence-electron chi connectivity index (χ3n) is 5.37. The highest BCUT2D eigenvalue weighted by Crippen LogP contribution is 2.30. The zero-order chi connectivity index (χ0) is 19.9. The summed E-state index contributed by atoms with van der Waals surface area (Å²) >= 11 is 1.74. The van der Waals surface area contributed by atoms with E-state index in [4.69, 9.17) is 4.98 Å². The molecular weight excluding hydrogens is 366 g/mol.